The first-order chi connectivity index (χ1) is 6.72. The minimum atomic E-state index is -0.973. The normalized spacial score (nSPS) is 10.6. The lowest BCUT2D eigenvalue weighted by molar-refractivity contribution is 0.0699. The van der Waals surface area contributed by atoms with Crippen LogP contribution < -0.4 is 0 Å². The molecule has 0 fully saturated rings. The number of halogens is 1. The van der Waals surface area contributed by atoms with Crippen LogP contribution in [0.1, 0.15) is 15.2 Å². The highest BCUT2D eigenvalue weighted by Crippen LogP contribution is 2.28. The van der Waals surface area contributed by atoms with Crippen LogP contribution in [0.2, 0.25) is 0 Å². The Morgan fingerprint density at radius 1 is 1.50 bits per heavy atom. The van der Waals surface area contributed by atoms with Gasteiger partial charge in [0.2, 0.25) is 0 Å². The van der Waals surface area contributed by atoms with E-state index in [0.717, 1.165) is 4.70 Å². The Morgan fingerprint density at radius 2 is 2.29 bits per heavy atom. The zero-order valence-electron chi connectivity index (χ0n) is 7.16. The summed E-state index contributed by atoms with van der Waals surface area (Å²) in [4.78, 5) is 11.4. The SMILES string of the molecule is O=C(O)c1cccc2sc(CF)cc12. The number of carboxylic acids is 1. The van der Waals surface area contributed by atoms with E-state index in [0.29, 0.717) is 10.3 Å². The van der Waals surface area contributed by atoms with Gasteiger partial charge >= 0.3 is 5.97 Å². The Hall–Kier alpha value is -1.42. The van der Waals surface area contributed by atoms with Crippen LogP contribution in [0.3, 0.4) is 0 Å². The van der Waals surface area contributed by atoms with Gasteiger partial charge in [-0.15, -0.1) is 11.3 Å². The summed E-state index contributed by atoms with van der Waals surface area (Å²) in [6.07, 6.45) is 0. The lowest BCUT2D eigenvalue weighted by Gasteiger charge is -1.94. The molecule has 1 aromatic heterocycles. The van der Waals surface area contributed by atoms with Gasteiger partial charge in [-0.3, -0.25) is 0 Å². The number of rotatable bonds is 2. The fraction of sp³-hybridized carbons (Fsp3) is 0.100. The molecule has 72 valence electrons. The van der Waals surface area contributed by atoms with E-state index in [1.807, 2.05) is 0 Å². The lowest BCUT2D eigenvalue weighted by Crippen LogP contribution is -1.95. The second-order valence-corrected chi connectivity index (χ2v) is 4.04. The van der Waals surface area contributed by atoms with Gasteiger partial charge in [-0.1, -0.05) is 6.07 Å². The topological polar surface area (TPSA) is 37.3 Å². The average molecular weight is 210 g/mol. The van der Waals surface area contributed by atoms with E-state index in [9.17, 15) is 9.18 Å². The Labute approximate surface area is 83.6 Å². The van der Waals surface area contributed by atoms with Crippen LogP contribution in [0.15, 0.2) is 24.3 Å². The molecule has 0 unspecified atom stereocenters. The molecule has 0 radical (unpaired) electrons. The molecule has 1 aromatic carbocycles. The fourth-order valence-corrected chi connectivity index (χ4v) is 2.31. The van der Waals surface area contributed by atoms with Crippen molar-refractivity contribution in [3.8, 4) is 0 Å². The summed E-state index contributed by atoms with van der Waals surface area (Å²) in [7, 11) is 0. The molecule has 0 atom stereocenters. The van der Waals surface area contributed by atoms with E-state index >= 15 is 0 Å². The van der Waals surface area contributed by atoms with Crippen LogP contribution in [0.25, 0.3) is 10.1 Å². The lowest BCUT2D eigenvalue weighted by atomic mass is 10.1. The maximum absolute atomic E-state index is 12.4. The summed E-state index contributed by atoms with van der Waals surface area (Å²) < 4.78 is 13.2. The Kier molecular flexibility index (Phi) is 2.21. The molecule has 1 N–H and O–H groups in total. The van der Waals surface area contributed by atoms with Gasteiger partial charge in [0, 0.05) is 15.0 Å². The number of hydrogen-bond donors (Lipinski definition) is 1. The molecule has 0 aliphatic heterocycles. The minimum Gasteiger partial charge on any atom is -0.478 e. The summed E-state index contributed by atoms with van der Waals surface area (Å²) >= 11 is 1.29. The molecule has 0 bridgehead atoms. The number of alkyl halides is 1. The predicted octanol–water partition coefficient (Wildman–Crippen LogP) is 3.07. The van der Waals surface area contributed by atoms with E-state index in [1.165, 1.54) is 17.4 Å². The van der Waals surface area contributed by atoms with Gasteiger partial charge in [0.25, 0.3) is 0 Å². The average Bonchev–Trinajstić information content (AvgIpc) is 2.59. The number of fused-ring (bicyclic) bond motifs is 1. The Bertz CT molecular complexity index is 490. The van der Waals surface area contributed by atoms with Gasteiger partial charge in [-0.2, -0.15) is 0 Å². The molecule has 0 spiro atoms. The highest BCUT2D eigenvalue weighted by Gasteiger charge is 2.10. The Morgan fingerprint density at radius 3 is 2.93 bits per heavy atom. The van der Waals surface area contributed by atoms with Gasteiger partial charge < -0.3 is 5.11 Å². The predicted molar refractivity (Wildman–Crippen MR) is 53.6 cm³/mol. The van der Waals surface area contributed by atoms with Crippen LogP contribution in [0.5, 0.6) is 0 Å². The van der Waals surface area contributed by atoms with Gasteiger partial charge in [0.1, 0.15) is 6.67 Å². The third-order valence-corrected chi connectivity index (χ3v) is 3.04. The Balaban J connectivity index is 2.73. The maximum atomic E-state index is 12.4. The zero-order chi connectivity index (χ0) is 10.1. The molecule has 0 saturated carbocycles. The summed E-state index contributed by atoms with van der Waals surface area (Å²) in [5.41, 5.74) is 0.235. The summed E-state index contributed by atoms with van der Waals surface area (Å²) in [6.45, 7) is -0.543. The van der Waals surface area contributed by atoms with Crippen LogP contribution >= 0.6 is 11.3 Å². The van der Waals surface area contributed by atoms with Gasteiger partial charge in [0.15, 0.2) is 0 Å². The largest absolute Gasteiger partial charge is 0.478 e. The molecule has 2 nitrogen and oxygen atoms in total. The third-order valence-electron chi connectivity index (χ3n) is 1.97. The van der Waals surface area contributed by atoms with E-state index in [4.69, 9.17) is 5.11 Å². The van der Waals surface area contributed by atoms with Crippen molar-refractivity contribution in [1.82, 2.24) is 0 Å². The van der Waals surface area contributed by atoms with Crippen LogP contribution in [-0.2, 0) is 6.67 Å². The summed E-state index contributed by atoms with van der Waals surface area (Å²) in [6, 6.07) is 6.60. The molecular formula is C10H7FO2S. The summed E-state index contributed by atoms with van der Waals surface area (Å²) in [5, 5.41) is 9.50. The van der Waals surface area contributed by atoms with Gasteiger partial charge in [-0.25, -0.2) is 9.18 Å². The monoisotopic (exact) mass is 210 g/mol. The fourth-order valence-electron chi connectivity index (χ4n) is 1.37. The van der Waals surface area contributed by atoms with Crippen molar-refractivity contribution >= 4 is 27.4 Å². The van der Waals surface area contributed by atoms with Crippen molar-refractivity contribution < 1.29 is 14.3 Å². The third kappa shape index (κ3) is 1.37. The first-order valence-electron chi connectivity index (χ1n) is 4.03. The van der Waals surface area contributed by atoms with E-state index in [1.54, 1.807) is 18.2 Å². The first-order valence-corrected chi connectivity index (χ1v) is 4.84. The van der Waals surface area contributed by atoms with Gasteiger partial charge in [-0.05, 0) is 18.2 Å². The summed E-state index contributed by atoms with van der Waals surface area (Å²) in [5.74, 6) is -0.973. The number of carbonyl (C=O) groups is 1. The molecule has 2 aromatic rings. The maximum Gasteiger partial charge on any atom is 0.336 e. The van der Waals surface area contributed by atoms with Crippen molar-refractivity contribution in [2.24, 2.45) is 0 Å². The molecule has 0 aliphatic rings. The van der Waals surface area contributed by atoms with Crippen molar-refractivity contribution in [3.05, 3.63) is 34.7 Å². The smallest absolute Gasteiger partial charge is 0.336 e. The number of thiophene rings is 1. The van der Waals surface area contributed by atoms with Crippen molar-refractivity contribution in [3.63, 3.8) is 0 Å². The van der Waals surface area contributed by atoms with Crippen LogP contribution in [0, 0.1) is 0 Å². The highest BCUT2D eigenvalue weighted by atomic mass is 32.1. The van der Waals surface area contributed by atoms with Crippen LogP contribution in [0.4, 0.5) is 4.39 Å². The molecule has 1 heterocycles. The standard InChI is InChI=1S/C10H7FO2S/c11-5-6-4-8-7(10(12)13)2-1-3-9(8)14-6/h1-4H,5H2,(H,12,13). The van der Waals surface area contributed by atoms with Crippen molar-refractivity contribution in [2.45, 2.75) is 6.67 Å². The number of benzene rings is 1. The molecule has 0 saturated heterocycles. The zero-order valence-corrected chi connectivity index (χ0v) is 7.97. The highest BCUT2D eigenvalue weighted by molar-refractivity contribution is 7.19. The molecular weight excluding hydrogens is 203 g/mol. The molecule has 0 amide bonds. The number of aromatic carboxylic acids is 1. The van der Waals surface area contributed by atoms with E-state index < -0.39 is 12.6 Å². The first kappa shape index (κ1) is 9.15. The quantitative estimate of drug-likeness (QED) is 0.827. The van der Waals surface area contributed by atoms with E-state index in [2.05, 4.69) is 0 Å². The van der Waals surface area contributed by atoms with Crippen molar-refractivity contribution in [1.29, 1.82) is 0 Å². The number of carboxylic acid groups (broad SMARTS) is 1. The molecule has 14 heavy (non-hydrogen) atoms. The van der Waals surface area contributed by atoms with Gasteiger partial charge in [0.05, 0.1) is 5.56 Å². The second-order valence-electron chi connectivity index (χ2n) is 2.87. The molecule has 4 heteroatoms. The van der Waals surface area contributed by atoms with E-state index in [-0.39, 0.29) is 5.56 Å². The second kappa shape index (κ2) is 3.38. The van der Waals surface area contributed by atoms with Crippen LogP contribution in [-0.4, -0.2) is 11.1 Å². The van der Waals surface area contributed by atoms with Crippen molar-refractivity contribution in [2.75, 3.05) is 0 Å². The number of hydrogen-bond acceptors (Lipinski definition) is 2. The molecule has 0 aliphatic carbocycles. The molecule has 2 rings (SSSR count). The minimum absolute atomic E-state index is 0.235.